The highest BCUT2D eigenvalue weighted by Crippen LogP contribution is 2.32. The lowest BCUT2D eigenvalue weighted by Crippen LogP contribution is -2.44. The Labute approximate surface area is 174 Å². The zero-order valence-corrected chi connectivity index (χ0v) is 19.8. The molecule has 0 aliphatic heterocycles. The van der Waals surface area contributed by atoms with Crippen LogP contribution < -0.4 is 0 Å². The Hall–Kier alpha value is 0.230. The molecule has 4 heteroatoms. The molecule has 0 N–H and O–H groups in total. The molecule has 0 aromatic heterocycles. The van der Waals surface area contributed by atoms with Gasteiger partial charge in [-0.15, -0.1) is 0 Å². The van der Waals surface area contributed by atoms with Crippen molar-refractivity contribution in [2.24, 2.45) is 5.92 Å². The molecule has 0 saturated heterocycles. The van der Waals surface area contributed by atoms with Gasteiger partial charge in [0.05, 0.1) is 0 Å². The summed E-state index contributed by atoms with van der Waals surface area (Å²) in [4.78, 5) is 0. The number of rotatable bonds is 21. The van der Waals surface area contributed by atoms with Crippen molar-refractivity contribution in [3.63, 3.8) is 0 Å². The van der Waals surface area contributed by atoms with Gasteiger partial charge in [-0.05, 0) is 37.2 Å². The standard InChI is InChI=1S/C23H48O3S/c1-6-8-10-12-14-16-20-27-21-17-19-22(18-15-13-11-9-7-2)23(24-3,25-4)26-5/h22H,6-21H2,1-5H3. The van der Waals surface area contributed by atoms with Crippen molar-refractivity contribution in [2.75, 3.05) is 32.8 Å². The minimum atomic E-state index is -0.880. The van der Waals surface area contributed by atoms with Crippen molar-refractivity contribution < 1.29 is 14.2 Å². The van der Waals surface area contributed by atoms with Crippen LogP contribution in [0.3, 0.4) is 0 Å². The summed E-state index contributed by atoms with van der Waals surface area (Å²) in [6.45, 7) is 4.54. The molecule has 0 heterocycles. The van der Waals surface area contributed by atoms with Gasteiger partial charge in [-0.2, -0.15) is 11.8 Å². The van der Waals surface area contributed by atoms with Crippen molar-refractivity contribution in [2.45, 2.75) is 110 Å². The van der Waals surface area contributed by atoms with Gasteiger partial charge >= 0.3 is 0 Å². The highest BCUT2D eigenvalue weighted by atomic mass is 32.2. The first kappa shape index (κ1) is 27.2. The smallest absolute Gasteiger partial charge is 0.285 e. The zero-order valence-electron chi connectivity index (χ0n) is 19.0. The maximum absolute atomic E-state index is 5.67. The molecule has 27 heavy (non-hydrogen) atoms. The van der Waals surface area contributed by atoms with E-state index < -0.39 is 5.97 Å². The molecule has 0 aromatic rings. The normalized spacial score (nSPS) is 13.2. The predicted octanol–water partition coefficient (Wildman–Crippen LogP) is 7.43. The molecule has 0 aliphatic carbocycles. The summed E-state index contributed by atoms with van der Waals surface area (Å²) >= 11 is 2.10. The van der Waals surface area contributed by atoms with Crippen LogP contribution in [0.1, 0.15) is 104 Å². The summed E-state index contributed by atoms with van der Waals surface area (Å²) in [6.07, 6.45) is 18.2. The third-order valence-corrected chi connectivity index (χ3v) is 6.65. The monoisotopic (exact) mass is 404 g/mol. The Bertz CT molecular complexity index is 287. The number of hydrogen-bond acceptors (Lipinski definition) is 4. The summed E-state index contributed by atoms with van der Waals surface area (Å²) in [7, 11) is 5.10. The molecule has 164 valence electrons. The van der Waals surface area contributed by atoms with Gasteiger partial charge in [0.25, 0.3) is 5.97 Å². The van der Waals surface area contributed by atoms with E-state index in [1.165, 1.54) is 88.6 Å². The molecule has 0 aliphatic rings. The van der Waals surface area contributed by atoms with E-state index in [4.69, 9.17) is 14.2 Å². The van der Waals surface area contributed by atoms with Crippen LogP contribution in [0.4, 0.5) is 0 Å². The fourth-order valence-corrected chi connectivity index (χ4v) is 4.74. The van der Waals surface area contributed by atoms with Crippen molar-refractivity contribution in [1.82, 2.24) is 0 Å². The second-order valence-electron chi connectivity index (χ2n) is 7.64. The van der Waals surface area contributed by atoms with Crippen LogP contribution in [0.5, 0.6) is 0 Å². The summed E-state index contributed by atoms with van der Waals surface area (Å²) in [5.74, 6) is 1.95. The first-order valence-corrected chi connectivity index (χ1v) is 12.6. The lowest BCUT2D eigenvalue weighted by molar-refractivity contribution is -0.380. The van der Waals surface area contributed by atoms with Crippen LogP contribution >= 0.6 is 11.8 Å². The molecule has 0 bridgehead atoms. The third kappa shape index (κ3) is 13.1. The third-order valence-electron chi connectivity index (χ3n) is 5.49. The van der Waals surface area contributed by atoms with Crippen molar-refractivity contribution in [3.05, 3.63) is 0 Å². The molecular weight excluding hydrogens is 356 g/mol. The van der Waals surface area contributed by atoms with Crippen molar-refractivity contribution in [3.8, 4) is 0 Å². The lowest BCUT2D eigenvalue weighted by atomic mass is 9.93. The second kappa shape index (κ2) is 19.5. The maximum atomic E-state index is 5.67. The fraction of sp³-hybridized carbons (Fsp3) is 1.00. The summed E-state index contributed by atoms with van der Waals surface area (Å²) in [5.41, 5.74) is 0. The van der Waals surface area contributed by atoms with E-state index in [2.05, 4.69) is 25.6 Å². The minimum Gasteiger partial charge on any atom is -0.331 e. The molecule has 3 nitrogen and oxygen atoms in total. The Morgan fingerprint density at radius 3 is 1.59 bits per heavy atom. The van der Waals surface area contributed by atoms with Crippen LogP contribution in [0.2, 0.25) is 0 Å². The van der Waals surface area contributed by atoms with Crippen molar-refractivity contribution >= 4 is 11.8 Å². The fourth-order valence-electron chi connectivity index (χ4n) is 3.76. The van der Waals surface area contributed by atoms with Crippen LogP contribution in [0.15, 0.2) is 0 Å². The van der Waals surface area contributed by atoms with Crippen LogP contribution in [0.25, 0.3) is 0 Å². The van der Waals surface area contributed by atoms with Crippen LogP contribution in [-0.2, 0) is 14.2 Å². The van der Waals surface area contributed by atoms with Gasteiger partial charge in [0.1, 0.15) is 0 Å². The number of unbranched alkanes of at least 4 members (excludes halogenated alkanes) is 9. The van der Waals surface area contributed by atoms with E-state index in [0.717, 1.165) is 12.8 Å². The highest BCUT2D eigenvalue weighted by molar-refractivity contribution is 7.99. The zero-order chi connectivity index (χ0) is 20.2. The van der Waals surface area contributed by atoms with Gasteiger partial charge in [-0.25, -0.2) is 0 Å². The van der Waals surface area contributed by atoms with Crippen LogP contribution in [-0.4, -0.2) is 38.8 Å². The van der Waals surface area contributed by atoms with Crippen LogP contribution in [0, 0.1) is 5.92 Å². The molecule has 0 aromatic carbocycles. The predicted molar refractivity (Wildman–Crippen MR) is 121 cm³/mol. The quantitative estimate of drug-likeness (QED) is 0.147. The second-order valence-corrected chi connectivity index (χ2v) is 8.86. The first-order chi connectivity index (χ1) is 13.2. The lowest BCUT2D eigenvalue weighted by Gasteiger charge is -2.36. The van der Waals surface area contributed by atoms with Gasteiger partial charge in [0.15, 0.2) is 0 Å². The number of methoxy groups -OCH3 is 3. The number of hydrogen-bond donors (Lipinski definition) is 0. The number of thioether (sulfide) groups is 1. The molecule has 0 rings (SSSR count). The van der Waals surface area contributed by atoms with Gasteiger partial charge in [0.2, 0.25) is 0 Å². The van der Waals surface area contributed by atoms with Gasteiger partial charge in [-0.1, -0.05) is 78.1 Å². The molecule has 0 amide bonds. The summed E-state index contributed by atoms with van der Waals surface area (Å²) in [5, 5.41) is 0. The van der Waals surface area contributed by atoms with E-state index >= 15 is 0 Å². The molecule has 1 atom stereocenters. The Balaban J connectivity index is 4.09. The van der Waals surface area contributed by atoms with E-state index in [1.807, 2.05) is 0 Å². The Kier molecular flexibility index (Phi) is 19.7. The average molecular weight is 405 g/mol. The summed E-state index contributed by atoms with van der Waals surface area (Å²) < 4.78 is 17.0. The average Bonchev–Trinajstić information content (AvgIpc) is 2.70. The molecule has 0 spiro atoms. The molecule has 0 saturated carbocycles. The van der Waals surface area contributed by atoms with E-state index in [9.17, 15) is 0 Å². The maximum Gasteiger partial charge on any atom is 0.285 e. The first-order valence-electron chi connectivity index (χ1n) is 11.4. The molecule has 0 fully saturated rings. The topological polar surface area (TPSA) is 27.7 Å². The molecular formula is C23H48O3S. The highest BCUT2D eigenvalue weighted by Gasteiger charge is 2.39. The van der Waals surface area contributed by atoms with Crippen molar-refractivity contribution in [1.29, 1.82) is 0 Å². The van der Waals surface area contributed by atoms with Gasteiger partial charge < -0.3 is 14.2 Å². The van der Waals surface area contributed by atoms with Gasteiger partial charge in [0, 0.05) is 27.2 Å². The summed E-state index contributed by atoms with van der Waals surface area (Å²) in [6, 6.07) is 0. The van der Waals surface area contributed by atoms with E-state index in [1.54, 1.807) is 21.3 Å². The Morgan fingerprint density at radius 2 is 1.04 bits per heavy atom. The molecule has 0 radical (unpaired) electrons. The minimum absolute atomic E-state index is 0.300. The largest absolute Gasteiger partial charge is 0.331 e. The number of ether oxygens (including phenoxy) is 3. The SMILES string of the molecule is CCCCCCCCSCCCC(CCCCCCC)C(OC)(OC)OC. The van der Waals surface area contributed by atoms with E-state index in [-0.39, 0.29) is 0 Å². The Morgan fingerprint density at radius 1 is 0.593 bits per heavy atom. The van der Waals surface area contributed by atoms with Gasteiger partial charge in [-0.3, -0.25) is 0 Å². The van der Waals surface area contributed by atoms with E-state index in [0.29, 0.717) is 5.92 Å². The molecule has 1 unspecified atom stereocenters.